The first-order valence-electron chi connectivity index (χ1n) is 6.48. The molecule has 2 rings (SSSR count). The van der Waals surface area contributed by atoms with E-state index < -0.39 is 0 Å². The minimum absolute atomic E-state index is 0.209. The van der Waals surface area contributed by atoms with Crippen molar-refractivity contribution in [3.05, 3.63) is 23.8 Å². The molecule has 1 saturated carbocycles. The van der Waals surface area contributed by atoms with Gasteiger partial charge in [0.05, 0.1) is 6.10 Å². The molecule has 0 bridgehead atoms. The normalized spacial score (nSPS) is 43.5. The number of rotatable bonds is 1. The van der Waals surface area contributed by atoms with Gasteiger partial charge in [0, 0.05) is 0 Å². The maximum absolute atomic E-state index is 9.81. The minimum Gasteiger partial charge on any atom is -0.389 e. The summed E-state index contributed by atoms with van der Waals surface area (Å²) in [6, 6.07) is 0. The van der Waals surface area contributed by atoms with Crippen molar-refractivity contribution in [2.24, 2.45) is 17.3 Å². The Hall–Kier alpha value is -0.560. The summed E-state index contributed by atoms with van der Waals surface area (Å²) in [5.74, 6) is 1.27. The Bertz CT molecular complexity index is 328. The molecule has 0 aromatic carbocycles. The number of hydrogen-bond donors (Lipinski definition) is 1. The van der Waals surface area contributed by atoms with Crippen molar-refractivity contribution in [2.45, 2.75) is 52.6 Å². The fourth-order valence-electron chi connectivity index (χ4n) is 3.49. The Kier molecular flexibility index (Phi) is 3.00. The number of hydrogen-bond acceptors (Lipinski definition) is 1. The first-order valence-corrected chi connectivity index (χ1v) is 6.48. The van der Waals surface area contributed by atoms with Crippen LogP contribution in [0.4, 0.5) is 0 Å². The van der Waals surface area contributed by atoms with Gasteiger partial charge in [-0.2, -0.15) is 0 Å². The molecule has 4 atom stereocenters. The molecule has 0 aromatic heterocycles. The molecule has 0 radical (unpaired) electrons. The van der Waals surface area contributed by atoms with Crippen LogP contribution < -0.4 is 0 Å². The highest BCUT2D eigenvalue weighted by Gasteiger charge is 2.43. The Labute approximate surface area is 99.3 Å². The third kappa shape index (κ3) is 1.86. The number of aliphatic hydroxyl groups excluding tert-OH is 1. The van der Waals surface area contributed by atoms with Crippen molar-refractivity contribution in [2.75, 3.05) is 0 Å². The predicted octanol–water partition coefficient (Wildman–Crippen LogP) is 3.70. The van der Waals surface area contributed by atoms with Gasteiger partial charge in [0.2, 0.25) is 0 Å². The monoisotopic (exact) mass is 220 g/mol. The maximum Gasteiger partial charge on any atom is 0.0726 e. The lowest BCUT2D eigenvalue weighted by molar-refractivity contribution is 0.0882. The molecule has 0 aromatic rings. The van der Waals surface area contributed by atoms with E-state index in [2.05, 4.69) is 33.4 Å². The van der Waals surface area contributed by atoms with Gasteiger partial charge in [-0.15, -0.1) is 0 Å². The van der Waals surface area contributed by atoms with E-state index >= 15 is 0 Å². The van der Waals surface area contributed by atoms with E-state index in [1.165, 1.54) is 24.0 Å². The van der Waals surface area contributed by atoms with Crippen LogP contribution in [0.25, 0.3) is 0 Å². The van der Waals surface area contributed by atoms with E-state index in [9.17, 15) is 5.11 Å². The van der Waals surface area contributed by atoms with Crippen molar-refractivity contribution >= 4 is 0 Å². The zero-order chi connectivity index (χ0) is 11.9. The number of allylic oxidation sites excluding steroid dienone is 2. The Morgan fingerprint density at radius 1 is 1.56 bits per heavy atom. The van der Waals surface area contributed by atoms with Gasteiger partial charge in [-0.1, -0.05) is 37.6 Å². The Morgan fingerprint density at radius 2 is 2.25 bits per heavy atom. The van der Waals surface area contributed by atoms with Crippen molar-refractivity contribution < 1.29 is 5.11 Å². The van der Waals surface area contributed by atoms with Crippen LogP contribution in [-0.4, -0.2) is 11.2 Å². The van der Waals surface area contributed by atoms with Crippen LogP contribution in [0.15, 0.2) is 23.8 Å². The van der Waals surface area contributed by atoms with Crippen molar-refractivity contribution in [1.29, 1.82) is 0 Å². The third-order valence-corrected chi connectivity index (χ3v) is 4.94. The number of fused-ring (bicyclic) bond motifs is 1. The molecule has 1 unspecified atom stereocenters. The molecule has 0 saturated heterocycles. The van der Waals surface area contributed by atoms with Crippen molar-refractivity contribution in [3.8, 4) is 0 Å². The Balaban J connectivity index is 2.26. The summed E-state index contributed by atoms with van der Waals surface area (Å²) in [4.78, 5) is 0. The molecule has 0 heterocycles. The van der Waals surface area contributed by atoms with E-state index in [-0.39, 0.29) is 6.10 Å². The summed E-state index contributed by atoms with van der Waals surface area (Å²) >= 11 is 0. The minimum atomic E-state index is -0.209. The first kappa shape index (κ1) is 11.9. The molecule has 0 aliphatic heterocycles. The number of aliphatic hydroxyl groups is 1. The third-order valence-electron chi connectivity index (χ3n) is 4.94. The average Bonchev–Trinajstić information content (AvgIpc) is 2.19. The molecule has 1 fully saturated rings. The molecule has 1 nitrogen and oxygen atoms in total. The van der Waals surface area contributed by atoms with Gasteiger partial charge in [0.25, 0.3) is 0 Å². The molecule has 90 valence electrons. The van der Waals surface area contributed by atoms with Crippen LogP contribution in [0.1, 0.15) is 46.5 Å². The molecule has 2 aliphatic carbocycles. The molecular formula is C15H24O. The van der Waals surface area contributed by atoms with Gasteiger partial charge in [0.15, 0.2) is 0 Å². The van der Waals surface area contributed by atoms with E-state index in [4.69, 9.17) is 0 Å². The van der Waals surface area contributed by atoms with Crippen molar-refractivity contribution in [1.82, 2.24) is 0 Å². The van der Waals surface area contributed by atoms with Gasteiger partial charge in [0.1, 0.15) is 0 Å². The molecule has 0 amide bonds. The SMILES string of the molecule is C=C(C)C1CCC2=C[C@H](O)C[C@@H](C)[C@]2(C)C1. The lowest BCUT2D eigenvalue weighted by atomic mass is 9.57. The van der Waals surface area contributed by atoms with E-state index in [0.717, 1.165) is 12.8 Å². The molecular weight excluding hydrogens is 196 g/mol. The molecule has 1 N–H and O–H groups in total. The predicted molar refractivity (Wildman–Crippen MR) is 68.1 cm³/mol. The fraction of sp³-hybridized carbons (Fsp3) is 0.733. The first-order chi connectivity index (χ1) is 7.43. The van der Waals surface area contributed by atoms with Gasteiger partial charge in [-0.3, -0.25) is 0 Å². The fourth-order valence-corrected chi connectivity index (χ4v) is 3.49. The maximum atomic E-state index is 9.81. The summed E-state index contributed by atoms with van der Waals surface area (Å²) in [5, 5.41) is 9.81. The highest BCUT2D eigenvalue weighted by molar-refractivity contribution is 5.24. The van der Waals surface area contributed by atoms with E-state index in [0.29, 0.717) is 17.3 Å². The Morgan fingerprint density at radius 3 is 2.88 bits per heavy atom. The smallest absolute Gasteiger partial charge is 0.0726 e. The van der Waals surface area contributed by atoms with Gasteiger partial charge < -0.3 is 5.11 Å². The summed E-state index contributed by atoms with van der Waals surface area (Å²) in [6.45, 7) is 10.9. The van der Waals surface area contributed by atoms with Crippen LogP contribution in [-0.2, 0) is 0 Å². The van der Waals surface area contributed by atoms with Crippen LogP contribution in [0.3, 0.4) is 0 Å². The van der Waals surface area contributed by atoms with Gasteiger partial charge >= 0.3 is 0 Å². The molecule has 2 aliphatic rings. The quantitative estimate of drug-likeness (QED) is 0.668. The van der Waals surface area contributed by atoms with Crippen LogP contribution in [0.5, 0.6) is 0 Å². The van der Waals surface area contributed by atoms with Crippen LogP contribution in [0, 0.1) is 17.3 Å². The lowest BCUT2D eigenvalue weighted by Gasteiger charge is -2.48. The van der Waals surface area contributed by atoms with Gasteiger partial charge in [-0.25, -0.2) is 0 Å². The summed E-state index contributed by atoms with van der Waals surface area (Å²) < 4.78 is 0. The van der Waals surface area contributed by atoms with Crippen LogP contribution >= 0.6 is 0 Å². The largest absolute Gasteiger partial charge is 0.389 e. The average molecular weight is 220 g/mol. The zero-order valence-corrected chi connectivity index (χ0v) is 10.8. The van der Waals surface area contributed by atoms with Crippen molar-refractivity contribution in [3.63, 3.8) is 0 Å². The highest BCUT2D eigenvalue weighted by atomic mass is 16.3. The molecule has 16 heavy (non-hydrogen) atoms. The van der Waals surface area contributed by atoms with E-state index in [1.807, 2.05) is 0 Å². The molecule has 1 heteroatoms. The summed E-state index contributed by atoms with van der Waals surface area (Å²) in [5.41, 5.74) is 3.14. The standard InChI is InChI=1S/C15H24O/c1-10(2)12-5-6-13-8-14(16)7-11(3)15(13,4)9-12/h8,11-12,14,16H,1,5-7,9H2,2-4H3/t11-,12?,14-,15+/m1/s1. The van der Waals surface area contributed by atoms with Gasteiger partial charge in [-0.05, 0) is 49.9 Å². The summed E-state index contributed by atoms with van der Waals surface area (Å²) in [7, 11) is 0. The second-order valence-electron chi connectivity index (χ2n) is 6.10. The van der Waals surface area contributed by atoms with E-state index in [1.54, 1.807) is 0 Å². The van der Waals surface area contributed by atoms with Crippen LogP contribution in [0.2, 0.25) is 0 Å². The second-order valence-corrected chi connectivity index (χ2v) is 6.10. The molecule has 0 spiro atoms. The highest BCUT2D eigenvalue weighted by Crippen LogP contribution is 2.53. The topological polar surface area (TPSA) is 20.2 Å². The summed E-state index contributed by atoms with van der Waals surface area (Å²) in [6.07, 6.45) is 6.42. The second kappa shape index (κ2) is 4.03. The zero-order valence-electron chi connectivity index (χ0n) is 10.8. The lowest BCUT2D eigenvalue weighted by Crippen LogP contribution is -2.39.